The molecule has 0 aliphatic heterocycles. The van der Waals surface area contributed by atoms with Crippen LogP contribution in [-0.4, -0.2) is 47.0 Å². The van der Waals surface area contributed by atoms with Crippen molar-refractivity contribution in [3.05, 3.63) is 67.8 Å². The van der Waals surface area contributed by atoms with E-state index in [2.05, 4.69) is 0 Å². The Labute approximate surface area is 181 Å². The van der Waals surface area contributed by atoms with E-state index in [4.69, 9.17) is 5.73 Å². The highest BCUT2D eigenvalue weighted by Gasteiger charge is 2.56. The molecule has 4 N–H and O–H groups in total. The highest BCUT2D eigenvalue weighted by Crippen LogP contribution is 2.37. The number of nitrogens with zero attached hydrogens (tertiary/aromatic N) is 2. The van der Waals surface area contributed by atoms with Gasteiger partial charge >= 0.3 is 11.8 Å². The minimum absolute atomic E-state index is 0.127. The van der Waals surface area contributed by atoms with E-state index in [1.807, 2.05) is 10.6 Å². The molecule has 11 nitrogen and oxygen atoms in total. The Morgan fingerprint density at radius 1 is 0.909 bits per heavy atom. The van der Waals surface area contributed by atoms with Gasteiger partial charge in [0.25, 0.3) is 11.4 Å². The Morgan fingerprint density at radius 3 is 1.79 bits per heavy atom. The van der Waals surface area contributed by atoms with Crippen LogP contribution in [0.5, 0.6) is 0 Å². The van der Waals surface area contributed by atoms with Crippen LogP contribution in [0.2, 0.25) is 0 Å². The number of benzene rings is 2. The lowest BCUT2D eigenvalue weighted by atomic mass is 10.1. The predicted octanol–water partition coefficient (Wildman–Crippen LogP) is 3.21. The van der Waals surface area contributed by atoms with Gasteiger partial charge in [-0.2, -0.15) is 17.6 Å². The fraction of sp³-hybridized carbons (Fsp3) is 0.222. The summed E-state index contributed by atoms with van der Waals surface area (Å²) in [5.74, 6) is -10.6. The number of nitrogens with two attached hydrogens (primary N) is 1. The Kier molecular flexibility index (Phi) is 7.15. The Hall–Kier alpha value is -4.30. The molecule has 0 aliphatic rings. The van der Waals surface area contributed by atoms with Crippen LogP contribution in [0.25, 0.3) is 0 Å². The van der Waals surface area contributed by atoms with Gasteiger partial charge in [0.05, 0.1) is 22.9 Å². The second-order valence-electron chi connectivity index (χ2n) is 6.62. The van der Waals surface area contributed by atoms with Gasteiger partial charge in [-0.25, -0.2) is 0 Å². The van der Waals surface area contributed by atoms with E-state index in [-0.39, 0.29) is 17.4 Å². The van der Waals surface area contributed by atoms with Gasteiger partial charge in [-0.15, -0.1) is 0 Å². The first-order chi connectivity index (χ1) is 15.3. The van der Waals surface area contributed by atoms with Crippen molar-refractivity contribution < 1.29 is 37.0 Å². The van der Waals surface area contributed by atoms with Crippen molar-refractivity contribution in [3.63, 3.8) is 0 Å². The van der Waals surface area contributed by atoms with E-state index in [9.17, 15) is 47.4 Å². The summed E-state index contributed by atoms with van der Waals surface area (Å²) in [5, 5.41) is 25.9. The number of hydrogen-bond acceptors (Lipinski definition) is 8. The molecule has 2 aromatic rings. The van der Waals surface area contributed by atoms with Gasteiger partial charge in [0, 0.05) is 23.3 Å². The molecule has 0 heterocycles. The van der Waals surface area contributed by atoms with Gasteiger partial charge in [0.15, 0.2) is 0 Å². The monoisotopic (exact) mass is 473 g/mol. The molecule has 0 saturated heterocycles. The molecule has 0 atom stereocenters. The van der Waals surface area contributed by atoms with Crippen LogP contribution in [0.15, 0.2) is 36.4 Å². The molecule has 0 saturated carbocycles. The number of primary amides is 1. The number of nitrogens with one attached hydrogen (secondary N) is 2. The molecule has 2 aromatic carbocycles. The maximum Gasteiger partial charge on any atom is 0.328 e. The number of nitro benzene ring substituents is 2. The van der Waals surface area contributed by atoms with Gasteiger partial charge in [-0.3, -0.25) is 29.8 Å². The normalized spacial score (nSPS) is 11.5. The zero-order valence-corrected chi connectivity index (χ0v) is 16.4. The van der Waals surface area contributed by atoms with Crippen molar-refractivity contribution in [2.75, 3.05) is 23.7 Å². The summed E-state index contributed by atoms with van der Waals surface area (Å²) in [6, 6.07) is 5.31. The summed E-state index contributed by atoms with van der Waals surface area (Å²) in [6.07, 6.45) is 0.278. The van der Waals surface area contributed by atoms with E-state index in [1.54, 1.807) is 0 Å². The van der Waals surface area contributed by atoms with Crippen molar-refractivity contribution in [1.82, 2.24) is 0 Å². The molecule has 1 amide bonds. The van der Waals surface area contributed by atoms with Crippen molar-refractivity contribution in [2.45, 2.75) is 11.8 Å². The first kappa shape index (κ1) is 25.0. The van der Waals surface area contributed by atoms with E-state index in [1.165, 1.54) is 0 Å². The summed E-state index contributed by atoms with van der Waals surface area (Å²) in [6.45, 7) is -3.48. The van der Waals surface area contributed by atoms with Crippen LogP contribution < -0.4 is 16.4 Å². The number of carbonyl (C=O) groups is 2. The van der Waals surface area contributed by atoms with Crippen molar-refractivity contribution in [3.8, 4) is 0 Å². The lowest BCUT2D eigenvalue weighted by molar-refractivity contribution is -0.384. The summed E-state index contributed by atoms with van der Waals surface area (Å²) < 4.78 is 56.9. The third kappa shape index (κ3) is 5.69. The second kappa shape index (κ2) is 9.46. The maximum absolute atomic E-state index is 14.2. The van der Waals surface area contributed by atoms with E-state index < -0.39 is 63.4 Å². The number of aldehydes is 1. The average molecular weight is 473 g/mol. The molecule has 0 radical (unpaired) electrons. The Morgan fingerprint density at radius 2 is 1.36 bits per heavy atom. The number of anilines is 2. The summed E-state index contributed by atoms with van der Waals surface area (Å²) >= 11 is 0. The first-order valence-corrected chi connectivity index (χ1v) is 8.84. The highest BCUT2D eigenvalue weighted by atomic mass is 19.3. The zero-order valence-electron chi connectivity index (χ0n) is 16.4. The van der Waals surface area contributed by atoms with Gasteiger partial charge < -0.3 is 16.4 Å². The smallest absolute Gasteiger partial charge is 0.328 e. The molecule has 15 heteroatoms. The van der Waals surface area contributed by atoms with Crippen LogP contribution in [0.3, 0.4) is 0 Å². The van der Waals surface area contributed by atoms with Crippen LogP contribution in [0.4, 0.5) is 40.3 Å². The molecule has 0 bridgehead atoms. The van der Waals surface area contributed by atoms with Crippen molar-refractivity contribution in [1.29, 1.82) is 0 Å². The molecule has 176 valence electrons. The van der Waals surface area contributed by atoms with E-state index >= 15 is 0 Å². The van der Waals surface area contributed by atoms with E-state index in [0.717, 1.165) is 30.3 Å². The molecule has 0 fully saturated rings. The lowest BCUT2D eigenvalue weighted by Crippen LogP contribution is -2.50. The summed E-state index contributed by atoms with van der Waals surface area (Å²) in [5.41, 5.74) is 1.87. The Balaban J connectivity index is 2.18. The highest BCUT2D eigenvalue weighted by molar-refractivity contribution is 5.94. The fourth-order valence-corrected chi connectivity index (χ4v) is 2.58. The number of amides is 1. The van der Waals surface area contributed by atoms with Gasteiger partial charge in [0.1, 0.15) is 17.7 Å². The summed E-state index contributed by atoms with van der Waals surface area (Å²) in [4.78, 5) is 42.0. The average Bonchev–Trinajstić information content (AvgIpc) is 2.75. The molecule has 33 heavy (non-hydrogen) atoms. The Bertz CT molecular complexity index is 1110. The number of nitro groups is 2. The quantitative estimate of drug-likeness (QED) is 0.193. The van der Waals surface area contributed by atoms with Gasteiger partial charge in [0.2, 0.25) is 5.91 Å². The minimum atomic E-state index is -4.77. The van der Waals surface area contributed by atoms with Crippen LogP contribution in [0, 0.1) is 20.2 Å². The fourth-order valence-electron chi connectivity index (χ4n) is 2.58. The topological polar surface area (TPSA) is 170 Å². The largest absolute Gasteiger partial charge is 0.373 e. The zero-order chi connectivity index (χ0) is 25.0. The third-order valence-corrected chi connectivity index (χ3v) is 4.37. The van der Waals surface area contributed by atoms with Gasteiger partial charge in [-0.1, -0.05) is 0 Å². The first-order valence-electron chi connectivity index (χ1n) is 8.84. The van der Waals surface area contributed by atoms with Crippen LogP contribution >= 0.6 is 0 Å². The second-order valence-corrected chi connectivity index (χ2v) is 6.62. The third-order valence-electron chi connectivity index (χ3n) is 4.37. The standard InChI is InChI=1S/C18H15F4N5O6/c19-17(20,8-24-12-3-1-10(7-28)5-14(12)26(30)31)18(21,22)9-25-13-4-2-11(16(23)29)6-15(13)27(32)33/h1-7,24-25H,8-9H2,(H2,23,29). The number of halogens is 4. The number of rotatable bonds is 11. The number of alkyl halides is 4. The predicted molar refractivity (Wildman–Crippen MR) is 107 cm³/mol. The minimum Gasteiger partial charge on any atom is -0.373 e. The molecule has 2 rings (SSSR count). The lowest BCUT2D eigenvalue weighted by Gasteiger charge is -2.27. The molecular formula is C18H15F4N5O6. The molecule has 0 spiro atoms. The molecular weight excluding hydrogens is 458 g/mol. The van der Waals surface area contributed by atoms with Crippen LogP contribution in [0.1, 0.15) is 20.7 Å². The van der Waals surface area contributed by atoms with E-state index in [0.29, 0.717) is 6.07 Å². The number of hydrogen-bond donors (Lipinski definition) is 3. The molecule has 0 aromatic heterocycles. The SMILES string of the molecule is NC(=O)c1ccc(NCC(F)(F)C(F)(F)CNc2ccc(C=O)cc2[N+](=O)[O-])c([N+](=O)[O-])c1. The molecule has 0 aliphatic carbocycles. The molecule has 0 unspecified atom stereocenters. The van der Waals surface area contributed by atoms with Crippen molar-refractivity contribution in [2.24, 2.45) is 5.73 Å². The number of carbonyl (C=O) groups excluding carboxylic acids is 2. The van der Waals surface area contributed by atoms with Crippen molar-refractivity contribution >= 4 is 34.9 Å². The maximum atomic E-state index is 14.2. The van der Waals surface area contributed by atoms with Crippen LogP contribution in [-0.2, 0) is 0 Å². The van der Waals surface area contributed by atoms with Gasteiger partial charge in [-0.05, 0) is 24.3 Å². The summed E-state index contributed by atoms with van der Waals surface area (Å²) in [7, 11) is 0.